The Hall–Kier alpha value is -3.17. The van der Waals surface area contributed by atoms with Crippen molar-refractivity contribution in [2.45, 2.75) is 37.7 Å². The number of halogens is 3. The number of hydrogen-bond donors (Lipinski definition) is 1. The van der Waals surface area contributed by atoms with E-state index in [0.717, 1.165) is 32.0 Å². The lowest BCUT2D eigenvalue weighted by atomic mass is 9.94. The van der Waals surface area contributed by atoms with Gasteiger partial charge in [0.2, 0.25) is 5.88 Å². The SMILES string of the molecule is OC1CN(c2cc(Oc3ccccc3C(F)(F)F)ncn2)CCC1N1CCc2ccccc2C1. The number of aliphatic hydroxyl groups is 1. The summed E-state index contributed by atoms with van der Waals surface area (Å²) >= 11 is 0. The Morgan fingerprint density at radius 2 is 1.74 bits per heavy atom. The van der Waals surface area contributed by atoms with E-state index < -0.39 is 17.8 Å². The minimum Gasteiger partial charge on any atom is -0.438 e. The molecule has 0 amide bonds. The monoisotopic (exact) mass is 470 g/mol. The van der Waals surface area contributed by atoms with Crippen LogP contribution in [-0.2, 0) is 19.1 Å². The lowest BCUT2D eigenvalue weighted by molar-refractivity contribution is -0.138. The molecule has 2 aliphatic heterocycles. The van der Waals surface area contributed by atoms with Crippen LogP contribution in [0, 0.1) is 0 Å². The number of para-hydroxylation sites is 1. The molecule has 2 aromatic carbocycles. The van der Waals surface area contributed by atoms with Crippen LogP contribution in [0.25, 0.3) is 0 Å². The first-order chi connectivity index (χ1) is 16.4. The molecule has 2 unspecified atom stereocenters. The zero-order valence-electron chi connectivity index (χ0n) is 18.4. The second kappa shape index (κ2) is 9.23. The minimum atomic E-state index is -4.53. The van der Waals surface area contributed by atoms with Gasteiger partial charge in [0, 0.05) is 38.3 Å². The van der Waals surface area contributed by atoms with Gasteiger partial charge in [0.1, 0.15) is 17.9 Å². The Morgan fingerprint density at radius 3 is 2.53 bits per heavy atom. The topological polar surface area (TPSA) is 61.7 Å². The maximum atomic E-state index is 13.3. The van der Waals surface area contributed by atoms with E-state index in [0.29, 0.717) is 18.9 Å². The van der Waals surface area contributed by atoms with Crippen molar-refractivity contribution in [3.63, 3.8) is 0 Å². The van der Waals surface area contributed by atoms with E-state index in [1.165, 1.54) is 41.7 Å². The van der Waals surface area contributed by atoms with Crippen LogP contribution in [0.15, 0.2) is 60.9 Å². The van der Waals surface area contributed by atoms with Crippen molar-refractivity contribution < 1.29 is 23.0 Å². The molecular formula is C25H25F3N4O2. The van der Waals surface area contributed by atoms with Crippen molar-refractivity contribution in [3.8, 4) is 11.6 Å². The number of β-amino-alcohol motifs (C(OH)–C–C–N with tert-alkyl or cyclic N) is 1. The Morgan fingerprint density at radius 1 is 0.971 bits per heavy atom. The highest BCUT2D eigenvalue weighted by Crippen LogP contribution is 2.38. The summed E-state index contributed by atoms with van der Waals surface area (Å²) in [7, 11) is 0. The minimum absolute atomic E-state index is 0.0194. The van der Waals surface area contributed by atoms with Crippen molar-refractivity contribution in [2.75, 3.05) is 24.5 Å². The molecule has 1 aromatic heterocycles. The number of aromatic nitrogens is 2. The quantitative estimate of drug-likeness (QED) is 0.614. The van der Waals surface area contributed by atoms with Crippen LogP contribution in [0.3, 0.4) is 0 Å². The van der Waals surface area contributed by atoms with Gasteiger partial charge in [-0.3, -0.25) is 4.90 Å². The summed E-state index contributed by atoms with van der Waals surface area (Å²) in [6, 6.07) is 15.0. The molecule has 0 spiro atoms. The second-order valence-electron chi connectivity index (χ2n) is 8.67. The van der Waals surface area contributed by atoms with Gasteiger partial charge in [-0.1, -0.05) is 36.4 Å². The standard InChI is InChI=1S/C25H25F3N4O2/c26-25(27,28)19-7-3-4-8-22(19)34-24-13-23(29-16-30-24)32-12-10-20(21(33)15-32)31-11-9-17-5-1-2-6-18(17)14-31/h1-8,13,16,20-21,33H,9-12,14-15H2. The highest BCUT2D eigenvalue weighted by molar-refractivity contribution is 5.44. The summed E-state index contributed by atoms with van der Waals surface area (Å²) in [6.45, 7) is 2.76. The number of benzene rings is 2. The zero-order chi connectivity index (χ0) is 23.7. The number of rotatable bonds is 4. The van der Waals surface area contributed by atoms with Gasteiger partial charge in [0.05, 0.1) is 11.7 Å². The van der Waals surface area contributed by atoms with Crippen LogP contribution in [0.2, 0.25) is 0 Å². The third-order valence-electron chi connectivity index (χ3n) is 6.53. The fourth-order valence-corrected chi connectivity index (χ4v) is 4.82. The van der Waals surface area contributed by atoms with Crippen LogP contribution in [0.1, 0.15) is 23.1 Å². The van der Waals surface area contributed by atoms with Gasteiger partial charge in [-0.15, -0.1) is 0 Å². The molecule has 178 valence electrons. The van der Waals surface area contributed by atoms with E-state index in [4.69, 9.17) is 4.74 Å². The summed E-state index contributed by atoms with van der Waals surface area (Å²) < 4.78 is 45.3. The number of anilines is 1. The molecular weight excluding hydrogens is 445 g/mol. The third kappa shape index (κ3) is 4.71. The van der Waals surface area contributed by atoms with Crippen molar-refractivity contribution in [1.29, 1.82) is 0 Å². The van der Waals surface area contributed by atoms with E-state index in [9.17, 15) is 18.3 Å². The van der Waals surface area contributed by atoms with Gasteiger partial charge in [0.15, 0.2) is 0 Å². The first-order valence-corrected chi connectivity index (χ1v) is 11.3. The van der Waals surface area contributed by atoms with Gasteiger partial charge < -0.3 is 14.7 Å². The predicted molar refractivity (Wildman–Crippen MR) is 121 cm³/mol. The highest BCUT2D eigenvalue weighted by atomic mass is 19.4. The molecule has 2 atom stereocenters. The average Bonchev–Trinajstić information content (AvgIpc) is 2.83. The molecule has 5 rings (SSSR count). The van der Waals surface area contributed by atoms with E-state index in [1.807, 2.05) is 11.0 Å². The first-order valence-electron chi connectivity index (χ1n) is 11.3. The predicted octanol–water partition coefficient (Wildman–Crippen LogP) is 4.29. The average molecular weight is 470 g/mol. The van der Waals surface area contributed by atoms with Crippen LogP contribution in [0.5, 0.6) is 11.6 Å². The summed E-state index contributed by atoms with van der Waals surface area (Å²) in [5.74, 6) is 0.214. The molecule has 1 saturated heterocycles. The van der Waals surface area contributed by atoms with Gasteiger partial charge in [-0.25, -0.2) is 9.97 Å². The van der Waals surface area contributed by atoms with Crippen molar-refractivity contribution >= 4 is 5.82 Å². The third-order valence-corrected chi connectivity index (χ3v) is 6.53. The molecule has 3 heterocycles. The second-order valence-corrected chi connectivity index (χ2v) is 8.67. The van der Waals surface area contributed by atoms with E-state index in [-0.39, 0.29) is 17.7 Å². The van der Waals surface area contributed by atoms with Crippen molar-refractivity contribution in [2.24, 2.45) is 0 Å². The highest BCUT2D eigenvalue weighted by Gasteiger charge is 2.35. The summed E-state index contributed by atoms with van der Waals surface area (Å²) in [6.07, 6.45) is -2.13. The molecule has 0 bridgehead atoms. The smallest absolute Gasteiger partial charge is 0.419 e. The van der Waals surface area contributed by atoms with Crippen LogP contribution >= 0.6 is 0 Å². The van der Waals surface area contributed by atoms with Gasteiger partial charge in [-0.2, -0.15) is 13.2 Å². The molecule has 1 N–H and O–H groups in total. The lowest BCUT2D eigenvalue weighted by Crippen LogP contribution is -2.55. The molecule has 9 heteroatoms. The summed E-state index contributed by atoms with van der Waals surface area (Å²) in [5.41, 5.74) is 1.81. The molecule has 0 aliphatic carbocycles. The Bertz CT molecular complexity index is 1160. The van der Waals surface area contributed by atoms with Crippen LogP contribution < -0.4 is 9.64 Å². The molecule has 0 radical (unpaired) electrons. The lowest BCUT2D eigenvalue weighted by Gasteiger charge is -2.43. The number of aliphatic hydroxyl groups excluding tert-OH is 1. The number of nitrogens with zero attached hydrogens (tertiary/aromatic N) is 4. The summed E-state index contributed by atoms with van der Waals surface area (Å²) in [4.78, 5) is 12.5. The van der Waals surface area contributed by atoms with Crippen molar-refractivity contribution in [3.05, 3.63) is 77.6 Å². The largest absolute Gasteiger partial charge is 0.438 e. The van der Waals surface area contributed by atoms with Gasteiger partial charge >= 0.3 is 6.18 Å². The van der Waals surface area contributed by atoms with Crippen molar-refractivity contribution in [1.82, 2.24) is 14.9 Å². The maximum Gasteiger partial charge on any atom is 0.419 e. The molecule has 1 fully saturated rings. The Labute approximate surface area is 195 Å². The fourth-order valence-electron chi connectivity index (χ4n) is 4.82. The number of hydrogen-bond acceptors (Lipinski definition) is 6. The number of alkyl halides is 3. The summed E-state index contributed by atoms with van der Waals surface area (Å²) in [5, 5.41) is 10.9. The molecule has 34 heavy (non-hydrogen) atoms. The van der Waals surface area contributed by atoms with Crippen LogP contribution in [0.4, 0.5) is 19.0 Å². The molecule has 3 aromatic rings. The Balaban J connectivity index is 1.27. The van der Waals surface area contributed by atoms with Crippen LogP contribution in [-0.4, -0.2) is 51.8 Å². The normalized spacial score (nSPS) is 21.2. The molecule has 2 aliphatic rings. The molecule has 6 nitrogen and oxygen atoms in total. The van der Waals surface area contributed by atoms with Gasteiger partial charge in [0.25, 0.3) is 0 Å². The van der Waals surface area contributed by atoms with E-state index in [2.05, 4.69) is 33.1 Å². The maximum absolute atomic E-state index is 13.3. The molecule has 0 saturated carbocycles. The van der Waals surface area contributed by atoms with E-state index >= 15 is 0 Å². The fraction of sp³-hybridized carbons (Fsp3) is 0.360. The van der Waals surface area contributed by atoms with Gasteiger partial charge in [-0.05, 0) is 36.1 Å². The first kappa shape index (κ1) is 22.6. The van der Waals surface area contributed by atoms with E-state index in [1.54, 1.807) is 0 Å². The number of fused-ring (bicyclic) bond motifs is 1. The Kier molecular flexibility index (Phi) is 6.14. The number of ether oxygens (including phenoxy) is 1. The number of piperidine rings is 1. The zero-order valence-corrected chi connectivity index (χ0v) is 18.4.